The number of methoxy groups -OCH3 is 1. The smallest absolute Gasteiger partial charge is 0.328 e. The van der Waals surface area contributed by atoms with E-state index in [-0.39, 0.29) is 11.8 Å². The summed E-state index contributed by atoms with van der Waals surface area (Å²) in [5.74, 6) is 0.382. The fraction of sp³-hybridized carbons (Fsp3) is 0.421. The van der Waals surface area contributed by atoms with Gasteiger partial charge in [0.2, 0.25) is 0 Å². The van der Waals surface area contributed by atoms with Gasteiger partial charge in [0.25, 0.3) is 5.91 Å². The SMILES string of the molecule is COC(=O)C(CC(C)C)NC(=O)c1ccc(SCc2csc(C)n2)cc1. The molecule has 7 heteroatoms. The van der Waals surface area contributed by atoms with Crippen molar-refractivity contribution in [1.29, 1.82) is 0 Å². The first kappa shape index (κ1) is 20.5. The molecular weight excluding hydrogens is 368 g/mol. The Morgan fingerprint density at radius 2 is 1.96 bits per heavy atom. The molecule has 0 saturated carbocycles. The van der Waals surface area contributed by atoms with Crippen molar-refractivity contribution in [2.24, 2.45) is 5.92 Å². The van der Waals surface area contributed by atoms with Crippen molar-refractivity contribution in [2.75, 3.05) is 7.11 Å². The quantitative estimate of drug-likeness (QED) is 0.542. The third-order valence-corrected chi connectivity index (χ3v) is 5.54. The number of esters is 1. The number of nitrogens with zero attached hydrogens (tertiary/aromatic N) is 1. The van der Waals surface area contributed by atoms with Gasteiger partial charge in [-0.15, -0.1) is 23.1 Å². The van der Waals surface area contributed by atoms with E-state index in [0.29, 0.717) is 12.0 Å². The molecule has 140 valence electrons. The predicted molar refractivity (Wildman–Crippen MR) is 106 cm³/mol. The highest BCUT2D eigenvalue weighted by molar-refractivity contribution is 7.98. The summed E-state index contributed by atoms with van der Waals surface area (Å²) in [6, 6.07) is 6.74. The lowest BCUT2D eigenvalue weighted by Gasteiger charge is -2.18. The van der Waals surface area contributed by atoms with Gasteiger partial charge < -0.3 is 10.1 Å². The molecule has 1 atom stereocenters. The van der Waals surface area contributed by atoms with Crippen LogP contribution in [-0.2, 0) is 15.3 Å². The molecule has 0 saturated heterocycles. The van der Waals surface area contributed by atoms with Crippen LogP contribution in [0.15, 0.2) is 34.5 Å². The van der Waals surface area contributed by atoms with Crippen molar-refractivity contribution in [1.82, 2.24) is 10.3 Å². The molecule has 1 heterocycles. The Bertz CT molecular complexity index is 741. The Balaban J connectivity index is 1.95. The van der Waals surface area contributed by atoms with Gasteiger partial charge in [0.05, 0.1) is 17.8 Å². The molecule has 1 amide bonds. The molecule has 0 spiro atoms. The van der Waals surface area contributed by atoms with Crippen molar-refractivity contribution < 1.29 is 14.3 Å². The molecular formula is C19H24N2O3S2. The normalized spacial score (nSPS) is 12.0. The summed E-state index contributed by atoms with van der Waals surface area (Å²) in [5.41, 5.74) is 1.59. The molecule has 2 rings (SSSR count). The number of aromatic nitrogens is 1. The summed E-state index contributed by atoms with van der Waals surface area (Å²) in [6.07, 6.45) is 0.541. The van der Waals surface area contributed by atoms with E-state index in [0.717, 1.165) is 21.3 Å². The van der Waals surface area contributed by atoms with Gasteiger partial charge in [0, 0.05) is 21.6 Å². The summed E-state index contributed by atoms with van der Waals surface area (Å²) >= 11 is 3.32. The Morgan fingerprint density at radius 3 is 2.50 bits per heavy atom. The Kier molecular flexibility index (Phi) is 7.66. The Morgan fingerprint density at radius 1 is 1.27 bits per heavy atom. The van der Waals surface area contributed by atoms with Gasteiger partial charge in [-0.1, -0.05) is 13.8 Å². The fourth-order valence-corrected chi connectivity index (χ4v) is 3.91. The minimum Gasteiger partial charge on any atom is -0.467 e. The van der Waals surface area contributed by atoms with Gasteiger partial charge in [-0.2, -0.15) is 0 Å². The lowest BCUT2D eigenvalue weighted by Crippen LogP contribution is -2.42. The molecule has 26 heavy (non-hydrogen) atoms. The van der Waals surface area contributed by atoms with Crippen LogP contribution in [0.25, 0.3) is 0 Å². The first-order chi connectivity index (χ1) is 12.4. The second kappa shape index (κ2) is 9.73. The van der Waals surface area contributed by atoms with E-state index in [1.54, 1.807) is 35.2 Å². The molecule has 0 bridgehead atoms. The summed E-state index contributed by atoms with van der Waals surface area (Å²) in [5, 5.41) is 5.89. The highest BCUT2D eigenvalue weighted by Gasteiger charge is 2.23. The highest BCUT2D eigenvalue weighted by atomic mass is 32.2. The van der Waals surface area contributed by atoms with Crippen LogP contribution in [0.2, 0.25) is 0 Å². The van der Waals surface area contributed by atoms with E-state index in [1.165, 1.54) is 7.11 Å². The van der Waals surface area contributed by atoms with Gasteiger partial charge in [0.15, 0.2) is 0 Å². The summed E-state index contributed by atoms with van der Waals surface area (Å²) in [4.78, 5) is 29.8. The standard InChI is InChI=1S/C19H24N2O3S2/c1-12(2)9-17(19(23)24-4)21-18(22)14-5-7-16(8-6-14)26-11-15-10-25-13(3)20-15/h5-8,10,12,17H,9,11H2,1-4H3,(H,21,22). The largest absolute Gasteiger partial charge is 0.467 e. The van der Waals surface area contributed by atoms with Crippen LogP contribution in [-0.4, -0.2) is 30.0 Å². The monoisotopic (exact) mass is 392 g/mol. The van der Waals surface area contributed by atoms with E-state index in [2.05, 4.69) is 15.7 Å². The van der Waals surface area contributed by atoms with Gasteiger partial charge in [-0.05, 0) is 43.5 Å². The molecule has 1 N–H and O–H groups in total. The second-order valence-electron chi connectivity index (χ2n) is 6.35. The molecule has 0 radical (unpaired) electrons. The number of hydrogen-bond donors (Lipinski definition) is 1. The van der Waals surface area contributed by atoms with Crippen LogP contribution in [0.5, 0.6) is 0 Å². The molecule has 0 fully saturated rings. The van der Waals surface area contributed by atoms with Crippen molar-refractivity contribution in [3.8, 4) is 0 Å². The summed E-state index contributed by atoms with van der Waals surface area (Å²) in [6.45, 7) is 5.99. The molecule has 1 unspecified atom stereocenters. The van der Waals surface area contributed by atoms with Crippen LogP contribution in [0.4, 0.5) is 0 Å². The first-order valence-electron chi connectivity index (χ1n) is 8.41. The maximum atomic E-state index is 12.4. The van der Waals surface area contributed by atoms with E-state index >= 15 is 0 Å². The zero-order valence-electron chi connectivity index (χ0n) is 15.4. The number of carbonyl (C=O) groups is 2. The number of benzene rings is 1. The molecule has 0 aliphatic rings. The van der Waals surface area contributed by atoms with E-state index < -0.39 is 12.0 Å². The van der Waals surface area contributed by atoms with Crippen molar-refractivity contribution in [3.63, 3.8) is 0 Å². The number of amides is 1. The van der Waals surface area contributed by atoms with E-state index in [4.69, 9.17) is 4.74 Å². The average molecular weight is 393 g/mol. The minimum absolute atomic E-state index is 0.271. The number of aryl methyl sites for hydroxylation is 1. The maximum absolute atomic E-state index is 12.4. The predicted octanol–water partition coefficient (Wildman–Crippen LogP) is 4.06. The summed E-state index contributed by atoms with van der Waals surface area (Å²) < 4.78 is 4.78. The van der Waals surface area contributed by atoms with Gasteiger partial charge in [0.1, 0.15) is 6.04 Å². The van der Waals surface area contributed by atoms with E-state index in [1.807, 2.05) is 32.9 Å². The topological polar surface area (TPSA) is 68.3 Å². The number of hydrogen-bond acceptors (Lipinski definition) is 6. The summed E-state index contributed by atoms with van der Waals surface area (Å²) in [7, 11) is 1.33. The van der Waals surface area contributed by atoms with Gasteiger partial charge >= 0.3 is 5.97 Å². The minimum atomic E-state index is -0.630. The number of nitrogens with one attached hydrogen (secondary N) is 1. The Labute approximate surface area is 162 Å². The Hall–Kier alpha value is -1.86. The third kappa shape index (κ3) is 6.14. The zero-order valence-corrected chi connectivity index (χ0v) is 17.1. The zero-order chi connectivity index (χ0) is 19.1. The highest BCUT2D eigenvalue weighted by Crippen LogP contribution is 2.24. The molecule has 1 aromatic heterocycles. The van der Waals surface area contributed by atoms with Crippen molar-refractivity contribution >= 4 is 35.0 Å². The number of ether oxygens (including phenoxy) is 1. The number of rotatable bonds is 8. The third-order valence-electron chi connectivity index (χ3n) is 3.67. The van der Waals surface area contributed by atoms with Gasteiger partial charge in [-0.3, -0.25) is 4.79 Å². The second-order valence-corrected chi connectivity index (χ2v) is 8.46. The lowest BCUT2D eigenvalue weighted by atomic mass is 10.0. The van der Waals surface area contributed by atoms with Crippen molar-refractivity contribution in [2.45, 2.75) is 43.9 Å². The molecule has 0 aliphatic carbocycles. The molecule has 0 aliphatic heterocycles. The molecule has 5 nitrogen and oxygen atoms in total. The first-order valence-corrected chi connectivity index (χ1v) is 10.3. The number of carbonyl (C=O) groups excluding carboxylic acids is 2. The van der Waals surface area contributed by atoms with Crippen LogP contribution in [0.3, 0.4) is 0 Å². The molecule has 1 aromatic carbocycles. The number of thioether (sulfide) groups is 1. The fourth-order valence-electron chi connectivity index (χ4n) is 2.40. The molecule has 2 aromatic rings. The van der Waals surface area contributed by atoms with Crippen LogP contribution < -0.4 is 5.32 Å². The van der Waals surface area contributed by atoms with Crippen LogP contribution in [0, 0.1) is 12.8 Å². The van der Waals surface area contributed by atoms with Crippen molar-refractivity contribution in [3.05, 3.63) is 45.9 Å². The maximum Gasteiger partial charge on any atom is 0.328 e. The van der Waals surface area contributed by atoms with E-state index in [9.17, 15) is 9.59 Å². The lowest BCUT2D eigenvalue weighted by molar-refractivity contribution is -0.143. The number of thiazole rings is 1. The van der Waals surface area contributed by atoms with Crippen LogP contribution >= 0.6 is 23.1 Å². The van der Waals surface area contributed by atoms with Crippen LogP contribution in [0.1, 0.15) is 41.3 Å². The van der Waals surface area contributed by atoms with Gasteiger partial charge in [-0.25, -0.2) is 9.78 Å². The average Bonchev–Trinajstić information content (AvgIpc) is 3.04.